The van der Waals surface area contributed by atoms with Gasteiger partial charge in [0.2, 0.25) is 11.8 Å². The van der Waals surface area contributed by atoms with Crippen LogP contribution in [-0.4, -0.2) is 25.5 Å². The highest BCUT2D eigenvalue weighted by atomic mass is 19.4. The highest BCUT2D eigenvalue weighted by Crippen LogP contribution is 2.29. The molecule has 0 atom stereocenters. The Morgan fingerprint density at radius 1 is 1.12 bits per heavy atom. The molecule has 0 unspecified atom stereocenters. The second-order valence-electron chi connectivity index (χ2n) is 5.43. The normalized spacial score (nSPS) is 11.0. The van der Waals surface area contributed by atoms with Gasteiger partial charge in [0.15, 0.2) is 0 Å². The minimum absolute atomic E-state index is 0.206. The maximum atomic E-state index is 12.6. The van der Waals surface area contributed by atoms with E-state index < -0.39 is 17.6 Å². The van der Waals surface area contributed by atoms with Crippen LogP contribution >= 0.6 is 0 Å². The minimum atomic E-state index is -4.44. The zero-order valence-electron chi connectivity index (χ0n) is 14.1. The van der Waals surface area contributed by atoms with Crippen molar-refractivity contribution in [1.82, 2.24) is 0 Å². The summed E-state index contributed by atoms with van der Waals surface area (Å²) in [7, 11) is 1.48. The molecule has 2 aromatic rings. The molecule has 0 aromatic heterocycles. The van der Waals surface area contributed by atoms with Gasteiger partial charge in [-0.3, -0.25) is 9.59 Å². The molecule has 138 valence electrons. The van der Waals surface area contributed by atoms with Crippen LogP contribution in [0.2, 0.25) is 0 Å². The third kappa shape index (κ3) is 4.98. The lowest BCUT2D eigenvalue weighted by molar-refractivity contribution is -0.137. The van der Waals surface area contributed by atoms with Gasteiger partial charge >= 0.3 is 6.18 Å². The fourth-order valence-electron chi connectivity index (χ4n) is 2.25. The molecule has 2 amide bonds. The number of carbonyl (C=O) groups is 2. The summed E-state index contributed by atoms with van der Waals surface area (Å²) >= 11 is 0. The molecule has 8 heteroatoms. The van der Waals surface area contributed by atoms with Crippen LogP contribution < -0.4 is 15.0 Å². The van der Waals surface area contributed by atoms with Gasteiger partial charge in [-0.1, -0.05) is 6.07 Å². The number of anilines is 2. The number of amides is 2. The molecule has 0 radical (unpaired) electrons. The maximum Gasteiger partial charge on any atom is 0.416 e. The fourth-order valence-corrected chi connectivity index (χ4v) is 2.25. The molecule has 0 spiro atoms. The third-order valence-corrected chi connectivity index (χ3v) is 3.54. The van der Waals surface area contributed by atoms with Gasteiger partial charge in [-0.15, -0.1) is 0 Å². The smallest absolute Gasteiger partial charge is 0.416 e. The number of nitrogens with zero attached hydrogens (tertiary/aromatic N) is 1. The van der Waals surface area contributed by atoms with E-state index in [0.717, 1.165) is 24.3 Å². The zero-order valence-corrected chi connectivity index (χ0v) is 14.1. The number of rotatable bonds is 5. The molecule has 0 fully saturated rings. The standard InChI is InChI=1S/C18H17F3N2O3/c1-12(24)23(15-4-3-5-16(10-15)26-2)11-17(25)22-14-8-6-13(7-9-14)18(19,20)21/h3-10H,11H2,1-2H3,(H,22,25). The number of halogens is 3. The molecule has 2 aromatic carbocycles. The first-order valence-corrected chi connectivity index (χ1v) is 7.60. The number of methoxy groups -OCH3 is 1. The Bertz CT molecular complexity index is 789. The van der Waals surface area contributed by atoms with E-state index in [1.807, 2.05) is 0 Å². The predicted molar refractivity (Wildman–Crippen MR) is 91.1 cm³/mol. The quantitative estimate of drug-likeness (QED) is 0.878. The van der Waals surface area contributed by atoms with Crippen LogP contribution in [0.1, 0.15) is 12.5 Å². The fraction of sp³-hybridized carbons (Fsp3) is 0.222. The van der Waals surface area contributed by atoms with E-state index >= 15 is 0 Å². The van der Waals surface area contributed by atoms with E-state index in [2.05, 4.69) is 5.32 Å². The number of carbonyl (C=O) groups excluding carboxylic acids is 2. The Kier molecular flexibility index (Phi) is 5.86. The summed E-state index contributed by atoms with van der Waals surface area (Å²) in [5, 5.41) is 2.47. The minimum Gasteiger partial charge on any atom is -0.497 e. The molecule has 2 rings (SSSR count). The number of alkyl halides is 3. The highest BCUT2D eigenvalue weighted by Gasteiger charge is 2.30. The van der Waals surface area contributed by atoms with Gasteiger partial charge in [0.05, 0.1) is 12.7 Å². The van der Waals surface area contributed by atoms with E-state index in [0.29, 0.717) is 11.4 Å². The first-order valence-electron chi connectivity index (χ1n) is 7.60. The van der Waals surface area contributed by atoms with Crippen molar-refractivity contribution < 1.29 is 27.5 Å². The van der Waals surface area contributed by atoms with Crippen molar-refractivity contribution in [1.29, 1.82) is 0 Å². The molecular formula is C18H17F3N2O3. The van der Waals surface area contributed by atoms with Gasteiger partial charge in [0, 0.05) is 24.4 Å². The summed E-state index contributed by atoms with van der Waals surface area (Å²) < 4.78 is 42.7. The largest absolute Gasteiger partial charge is 0.497 e. The van der Waals surface area contributed by atoms with E-state index in [-0.39, 0.29) is 18.1 Å². The molecule has 0 aliphatic rings. The van der Waals surface area contributed by atoms with Crippen LogP contribution in [0.3, 0.4) is 0 Å². The van der Waals surface area contributed by atoms with E-state index in [1.54, 1.807) is 24.3 Å². The summed E-state index contributed by atoms with van der Waals surface area (Å²) in [5.41, 5.74) is -0.131. The summed E-state index contributed by atoms with van der Waals surface area (Å²) in [4.78, 5) is 25.3. The summed E-state index contributed by atoms with van der Waals surface area (Å²) in [5.74, 6) is -0.375. The molecule has 1 N–H and O–H groups in total. The topological polar surface area (TPSA) is 58.6 Å². The lowest BCUT2D eigenvalue weighted by atomic mass is 10.2. The summed E-state index contributed by atoms with van der Waals surface area (Å²) in [6.07, 6.45) is -4.44. The van der Waals surface area contributed by atoms with Crippen LogP contribution in [0.4, 0.5) is 24.5 Å². The van der Waals surface area contributed by atoms with Crippen LogP contribution in [0.15, 0.2) is 48.5 Å². The van der Waals surface area contributed by atoms with Crippen molar-refractivity contribution >= 4 is 23.2 Å². The molecular weight excluding hydrogens is 349 g/mol. The Morgan fingerprint density at radius 3 is 2.31 bits per heavy atom. The molecule has 0 saturated heterocycles. The maximum absolute atomic E-state index is 12.6. The van der Waals surface area contributed by atoms with Crippen LogP contribution in [0, 0.1) is 0 Å². The van der Waals surface area contributed by atoms with Crippen molar-refractivity contribution in [3.05, 3.63) is 54.1 Å². The van der Waals surface area contributed by atoms with Gasteiger partial charge in [0.25, 0.3) is 0 Å². The number of hydrogen-bond acceptors (Lipinski definition) is 3. The van der Waals surface area contributed by atoms with Crippen molar-refractivity contribution in [2.75, 3.05) is 23.9 Å². The van der Waals surface area contributed by atoms with Crippen molar-refractivity contribution in [3.8, 4) is 5.75 Å². The predicted octanol–water partition coefficient (Wildman–Crippen LogP) is 3.71. The lowest BCUT2D eigenvalue weighted by Gasteiger charge is -2.21. The van der Waals surface area contributed by atoms with E-state index in [9.17, 15) is 22.8 Å². The van der Waals surface area contributed by atoms with E-state index in [4.69, 9.17) is 4.74 Å². The van der Waals surface area contributed by atoms with Crippen molar-refractivity contribution in [2.24, 2.45) is 0 Å². The Hall–Kier alpha value is -3.03. The van der Waals surface area contributed by atoms with Crippen LogP contribution in [0.5, 0.6) is 5.75 Å². The van der Waals surface area contributed by atoms with Gasteiger partial charge in [-0.25, -0.2) is 0 Å². The molecule has 0 aliphatic heterocycles. The molecule has 0 saturated carbocycles. The van der Waals surface area contributed by atoms with E-state index in [1.165, 1.54) is 18.9 Å². The van der Waals surface area contributed by atoms with Gasteiger partial charge in [-0.05, 0) is 36.4 Å². The van der Waals surface area contributed by atoms with Gasteiger partial charge in [-0.2, -0.15) is 13.2 Å². The second-order valence-corrected chi connectivity index (χ2v) is 5.43. The third-order valence-electron chi connectivity index (χ3n) is 3.54. The first kappa shape index (κ1) is 19.3. The number of benzene rings is 2. The van der Waals surface area contributed by atoms with Crippen LogP contribution in [0.25, 0.3) is 0 Å². The average molecular weight is 366 g/mol. The molecule has 5 nitrogen and oxygen atoms in total. The molecule has 26 heavy (non-hydrogen) atoms. The number of ether oxygens (including phenoxy) is 1. The lowest BCUT2D eigenvalue weighted by Crippen LogP contribution is -2.36. The monoisotopic (exact) mass is 366 g/mol. The Balaban J connectivity index is 2.09. The SMILES string of the molecule is COc1cccc(N(CC(=O)Nc2ccc(C(F)(F)F)cc2)C(C)=O)c1. The molecule has 0 heterocycles. The second kappa shape index (κ2) is 7.90. The number of nitrogens with one attached hydrogen (secondary N) is 1. The van der Waals surface area contributed by atoms with Crippen LogP contribution in [-0.2, 0) is 15.8 Å². The Labute approximate surface area is 148 Å². The highest BCUT2D eigenvalue weighted by molar-refractivity contribution is 6.01. The zero-order chi connectivity index (χ0) is 19.3. The number of hydrogen-bond donors (Lipinski definition) is 1. The molecule has 0 aliphatic carbocycles. The molecule has 0 bridgehead atoms. The van der Waals surface area contributed by atoms with Gasteiger partial charge in [0.1, 0.15) is 12.3 Å². The van der Waals surface area contributed by atoms with Crippen molar-refractivity contribution in [3.63, 3.8) is 0 Å². The average Bonchev–Trinajstić information content (AvgIpc) is 2.59. The van der Waals surface area contributed by atoms with Gasteiger partial charge < -0.3 is 15.0 Å². The first-order chi connectivity index (χ1) is 12.2. The summed E-state index contributed by atoms with van der Waals surface area (Å²) in [6, 6.07) is 10.7. The summed E-state index contributed by atoms with van der Waals surface area (Å²) in [6.45, 7) is 1.02. The Morgan fingerprint density at radius 2 is 1.77 bits per heavy atom. The van der Waals surface area contributed by atoms with Crippen molar-refractivity contribution in [2.45, 2.75) is 13.1 Å².